The highest BCUT2D eigenvalue weighted by Crippen LogP contribution is 2.15. The van der Waals surface area contributed by atoms with Crippen molar-refractivity contribution < 1.29 is 9.90 Å². The Morgan fingerprint density at radius 2 is 1.39 bits per heavy atom. The van der Waals surface area contributed by atoms with Gasteiger partial charge in [0, 0.05) is 0 Å². The summed E-state index contributed by atoms with van der Waals surface area (Å²) in [5.74, 6) is -0.926. The molecule has 136 valence electrons. The highest BCUT2D eigenvalue weighted by atomic mass is 16.4. The van der Waals surface area contributed by atoms with E-state index in [1.807, 2.05) is 0 Å². The van der Waals surface area contributed by atoms with Crippen LogP contribution in [0.2, 0.25) is 0 Å². The maximum absolute atomic E-state index is 11.0. The molecule has 0 aromatic carbocycles. The number of carboxylic acid groups (broad SMARTS) is 1. The monoisotopic (exact) mass is 325 g/mol. The van der Waals surface area contributed by atoms with E-state index in [9.17, 15) is 4.79 Å². The van der Waals surface area contributed by atoms with Gasteiger partial charge in [0.1, 0.15) is 0 Å². The molecule has 0 aliphatic heterocycles. The maximum atomic E-state index is 11.0. The van der Waals surface area contributed by atoms with Gasteiger partial charge in [-0.15, -0.1) is 0 Å². The Bertz CT molecular complexity index is 289. The zero-order valence-electron chi connectivity index (χ0n) is 15.3. The molecule has 3 nitrogen and oxygen atoms in total. The first-order valence-electron chi connectivity index (χ1n) is 9.80. The van der Waals surface area contributed by atoms with Crippen molar-refractivity contribution in [1.29, 1.82) is 0 Å². The molecule has 0 aromatic rings. The molecule has 3 N–H and O–H groups in total. The number of hydrogen-bond donors (Lipinski definition) is 2. The van der Waals surface area contributed by atoms with Gasteiger partial charge in [-0.25, -0.2) is 0 Å². The van der Waals surface area contributed by atoms with Crippen LogP contribution in [-0.4, -0.2) is 17.6 Å². The van der Waals surface area contributed by atoms with Crippen LogP contribution in [0.15, 0.2) is 12.2 Å². The molecule has 0 aliphatic carbocycles. The molecular formula is C20H39NO2. The van der Waals surface area contributed by atoms with Crippen LogP contribution < -0.4 is 5.73 Å². The Morgan fingerprint density at radius 1 is 0.870 bits per heavy atom. The molecule has 0 fully saturated rings. The molecule has 0 rings (SSSR count). The van der Waals surface area contributed by atoms with Crippen molar-refractivity contribution in [3.63, 3.8) is 0 Å². The SMILES string of the molecule is CCCCCCCC/C=C\CCCCCCC(CCN)C(=O)O. The molecular weight excluding hydrogens is 286 g/mol. The summed E-state index contributed by atoms with van der Waals surface area (Å²) in [6, 6.07) is 0. The summed E-state index contributed by atoms with van der Waals surface area (Å²) in [6.45, 7) is 2.73. The van der Waals surface area contributed by atoms with Crippen LogP contribution in [-0.2, 0) is 4.79 Å². The number of rotatable bonds is 17. The summed E-state index contributed by atoms with van der Waals surface area (Å²) < 4.78 is 0. The lowest BCUT2D eigenvalue weighted by atomic mass is 9.97. The first kappa shape index (κ1) is 22.2. The van der Waals surface area contributed by atoms with Crippen LogP contribution >= 0.6 is 0 Å². The predicted octanol–water partition coefficient (Wildman–Crippen LogP) is 5.68. The summed E-state index contributed by atoms with van der Waals surface area (Å²) in [7, 11) is 0. The first-order valence-corrected chi connectivity index (χ1v) is 9.80. The topological polar surface area (TPSA) is 63.3 Å². The van der Waals surface area contributed by atoms with Crippen LogP contribution in [0.1, 0.15) is 96.8 Å². The van der Waals surface area contributed by atoms with E-state index in [0.29, 0.717) is 13.0 Å². The van der Waals surface area contributed by atoms with Crippen molar-refractivity contribution in [2.24, 2.45) is 11.7 Å². The standard InChI is InChI=1S/C20H39NO2/c1-2-3-4-5-6-7-8-9-10-11-12-13-14-15-16-19(17-18-21)20(22)23/h9-10,19H,2-8,11-18,21H2,1H3,(H,22,23)/b10-9-. The average Bonchev–Trinajstić information content (AvgIpc) is 2.54. The quantitative estimate of drug-likeness (QED) is 0.267. The minimum Gasteiger partial charge on any atom is -0.481 e. The van der Waals surface area contributed by atoms with Gasteiger partial charge in [-0.1, -0.05) is 70.4 Å². The fourth-order valence-electron chi connectivity index (χ4n) is 2.88. The van der Waals surface area contributed by atoms with E-state index < -0.39 is 5.97 Å². The van der Waals surface area contributed by atoms with E-state index in [4.69, 9.17) is 10.8 Å². The minimum absolute atomic E-state index is 0.239. The zero-order chi connectivity index (χ0) is 17.2. The van der Waals surface area contributed by atoms with E-state index in [2.05, 4.69) is 19.1 Å². The molecule has 0 aromatic heterocycles. The lowest BCUT2D eigenvalue weighted by Gasteiger charge is -2.10. The van der Waals surface area contributed by atoms with E-state index in [-0.39, 0.29) is 5.92 Å². The maximum Gasteiger partial charge on any atom is 0.306 e. The van der Waals surface area contributed by atoms with Crippen molar-refractivity contribution in [3.05, 3.63) is 12.2 Å². The lowest BCUT2D eigenvalue weighted by molar-refractivity contribution is -0.142. The number of hydrogen-bond acceptors (Lipinski definition) is 2. The molecule has 0 saturated carbocycles. The average molecular weight is 326 g/mol. The van der Waals surface area contributed by atoms with Crippen LogP contribution in [0.25, 0.3) is 0 Å². The van der Waals surface area contributed by atoms with Gasteiger partial charge in [0.2, 0.25) is 0 Å². The second-order valence-electron chi connectivity index (χ2n) is 6.63. The molecule has 0 bridgehead atoms. The molecule has 1 unspecified atom stereocenters. The summed E-state index contributed by atoms with van der Waals surface area (Å²) in [5.41, 5.74) is 5.45. The minimum atomic E-state index is -0.687. The Kier molecular flexibility index (Phi) is 16.9. The molecule has 0 saturated heterocycles. The number of unbranched alkanes of at least 4 members (excludes halogenated alkanes) is 10. The Balaban J connectivity index is 3.32. The van der Waals surface area contributed by atoms with Gasteiger partial charge in [0.15, 0.2) is 0 Å². The molecule has 3 heteroatoms. The van der Waals surface area contributed by atoms with E-state index in [0.717, 1.165) is 19.3 Å². The number of carbonyl (C=O) groups is 1. The second kappa shape index (κ2) is 17.5. The molecule has 1 atom stereocenters. The Labute approximate surface area is 143 Å². The van der Waals surface area contributed by atoms with E-state index in [1.165, 1.54) is 64.2 Å². The molecule has 0 heterocycles. The summed E-state index contributed by atoms with van der Waals surface area (Å²) in [5, 5.41) is 9.04. The van der Waals surface area contributed by atoms with Gasteiger partial charge in [-0.05, 0) is 45.1 Å². The third-order valence-corrected chi connectivity index (χ3v) is 4.43. The fourth-order valence-corrected chi connectivity index (χ4v) is 2.88. The second-order valence-corrected chi connectivity index (χ2v) is 6.63. The van der Waals surface area contributed by atoms with E-state index >= 15 is 0 Å². The third-order valence-electron chi connectivity index (χ3n) is 4.43. The smallest absolute Gasteiger partial charge is 0.306 e. The zero-order valence-corrected chi connectivity index (χ0v) is 15.3. The van der Waals surface area contributed by atoms with E-state index in [1.54, 1.807) is 0 Å². The van der Waals surface area contributed by atoms with Crippen molar-refractivity contribution >= 4 is 5.97 Å². The van der Waals surface area contributed by atoms with Crippen molar-refractivity contribution in [3.8, 4) is 0 Å². The van der Waals surface area contributed by atoms with Crippen LogP contribution in [0.3, 0.4) is 0 Å². The van der Waals surface area contributed by atoms with Crippen molar-refractivity contribution in [1.82, 2.24) is 0 Å². The van der Waals surface area contributed by atoms with Crippen LogP contribution in [0, 0.1) is 5.92 Å². The van der Waals surface area contributed by atoms with Crippen molar-refractivity contribution in [2.45, 2.75) is 96.8 Å². The molecule has 23 heavy (non-hydrogen) atoms. The van der Waals surface area contributed by atoms with Crippen LogP contribution in [0.5, 0.6) is 0 Å². The van der Waals surface area contributed by atoms with Gasteiger partial charge < -0.3 is 10.8 Å². The number of nitrogens with two attached hydrogens (primary N) is 1. The first-order chi connectivity index (χ1) is 11.2. The van der Waals surface area contributed by atoms with Crippen molar-refractivity contribution in [2.75, 3.05) is 6.54 Å². The summed E-state index contributed by atoms with van der Waals surface area (Å²) in [6.07, 6.45) is 21.2. The molecule has 0 spiro atoms. The summed E-state index contributed by atoms with van der Waals surface area (Å²) in [4.78, 5) is 11.0. The van der Waals surface area contributed by atoms with Gasteiger partial charge in [0.05, 0.1) is 5.92 Å². The van der Waals surface area contributed by atoms with Gasteiger partial charge >= 0.3 is 5.97 Å². The number of aliphatic carboxylic acids is 1. The fraction of sp³-hybridized carbons (Fsp3) is 0.850. The largest absolute Gasteiger partial charge is 0.481 e. The molecule has 0 amide bonds. The molecule has 0 radical (unpaired) electrons. The predicted molar refractivity (Wildman–Crippen MR) is 99.6 cm³/mol. The van der Waals surface area contributed by atoms with Gasteiger partial charge in [-0.2, -0.15) is 0 Å². The highest BCUT2D eigenvalue weighted by Gasteiger charge is 2.15. The molecule has 0 aliphatic rings. The Morgan fingerprint density at radius 3 is 1.91 bits per heavy atom. The Hall–Kier alpha value is -0.830. The van der Waals surface area contributed by atoms with Gasteiger partial charge in [0.25, 0.3) is 0 Å². The van der Waals surface area contributed by atoms with Crippen LogP contribution in [0.4, 0.5) is 0 Å². The lowest BCUT2D eigenvalue weighted by Crippen LogP contribution is -2.17. The number of carboxylic acids is 1. The normalized spacial score (nSPS) is 12.8. The van der Waals surface area contributed by atoms with Gasteiger partial charge in [-0.3, -0.25) is 4.79 Å². The third kappa shape index (κ3) is 15.8. The summed E-state index contributed by atoms with van der Waals surface area (Å²) >= 11 is 0. The highest BCUT2D eigenvalue weighted by molar-refractivity contribution is 5.69. The number of allylic oxidation sites excluding steroid dienone is 2.